The van der Waals surface area contributed by atoms with Gasteiger partial charge in [0.1, 0.15) is 17.4 Å². The zero-order valence-corrected chi connectivity index (χ0v) is 20.8. The largest absolute Gasteiger partial charge is 0.494 e. The molecule has 4 aromatic rings. The van der Waals surface area contributed by atoms with E-state index in [2.05, 4.69) is 19.9 Å². The highest BCUT2D eigenvalue weighted by Gasteiger charge is 2.43. The van der Waals surface area contributed by atoms with Crippen molar-refractivity contribution < 1.29 is 27.4 Å². The summed E-state index contributed by atoms with van der Waals surface area (Å²) in [7, 11) is 1.23. The third-order valence-electron chi connectivity index (χ3n) is 7.00. The predicted molar refractivity (Wildman–Crippen MR) is 133 cm³/mol. The Balaban J connectivity index is 1.61. The number of nitrogens with two attached hydrogens (primary N) is 1. The molecule has 0 unspecified atom stereocenters. The number of methoxy groups -OCH3 is 1. The summed E-state index contributed by atoms with van der Waals surface area (Å²) < 4.78 is 62.7. The first-order chi connectivity index (χ1) is 18.6. The summed E-state index contributed by atoms with van der Waals surface area (Å²) >= 11 is 0. The molecule has 0 spiro atoms. The van der Waals surface area contributed by atoms with Crippen molar-refractivity contribution in [1.29, 1.82) is 5.41 Å². The molecule has 1 fully saturated rings. The normalized spacial score (nSPS) is 18.6. The standard InChI is InChI=1S/C25H26F4N8O2/c1-39-19-7-15(26)14(6-16(19)27)17-5-13(9-37-12-35-23(30)20-24(37)34-11-33-20)18(8-32-17)36-4-2-3-25(31,10-36)21(38)22(28)29/h5-8,11-12,21-22,30,38H,2-4,9-10,31H2,1H3,(H,33,34)/t21-,25-/m1/s1. The number of nitrogens with zero attached hydrogens (tertiary/aromatic N) is 5. The number of imidazole rings is 1. The van der Waals surface area contributed by atoms with Crippen LogP contribution >= 0.6 is 0 Å². The third kappa shape index (κ3) is 4.92. The summed E-state index contributed by atoms with van der Waals surface area (Å²) in [6.07, 6.45) is -0.113. The number of nitrogens with one attached hydrogen (secondary N) is 2. The number of hydrogen-bond acceptors (Lipinski definition) is 8. The van der Waals surface area contributed by atoms with E-state index in [9.17, 15) is 22.7 Å². The lowest BCUT2D eigenvalue weighted by atomic mass is 9.84. The van der Waals surface area contributed by atoms with Gasteiger partial charge in [-0.2, -0.15) is 0 Å². The van der Waals surface area contributed by atoms with Gasteiger partial charge in [0, 0.05) is 24.7 Å². The van der Waals surface area contributed by atoms with Gasteiger partial charge in [0.2, 0.25) is 0 Å². The minimum Gasteiger partial charge on any atom is -0.494 e. The molecule has 1 saturated heterocycles. The number of H-pyrrole nitrogens is 1. The summed E-state index contributed by atoms with van der Waals surface area (Å²) in [5.41, 5.74) is 6.60. The van der Waals surface area contributed by atoms with E-state index in [4.69, 9.17) is 15.9 Å². The van der Waals surface area contributed by atoms with Crippen molar-refractivity contribution >= 4 is 16.9 Å². The Morgan fingerprint density at radius 1 is 1.21 bits per heavy atom. The average molecular weight is 547 g/mol. The molecule has 3 aromatic heterocycles. The van der Waals surface area contributed by atoms with Crippen molar-refractivity contribution in [3.05, 3.63) is 59.7 Å². The van der Waals surface area contributed by atoms with Gasteiger partial charge < -0.3 is 30.0 Å². The number of anilines is 1. The highest BCUT2D eigenvalue weighted by molar-refractivity contribution is 5.70. The van der Waals surface area contributed by atoms with E-state index in [-0.39, 0.29) is 42.0 Å². The van der Waals surface area contributed by atoms with Crippen molar-refractivity contribution in [2.24, 2.45) is 5.73 Å². The summed E-state index contributed by atoms with van der Waals surface area (Å²) in [6, 6.07) is 3.48. The van der Waals surface area contributed by atoms with Crippen molar-refractivity contribution in [2.75, 3.05) is 25.1 Å². The quantitative estimate of drug-likeness (QED) is 0.261. The molecule has 0 saturated carbocycles. The van der Waals surface area contributed by atoms with Gasteiger partial charge in [0.25, 0.3) is 6.43 Å². The number of aliphatic hydroxyl groups is 1. The first-order valence-electron chi connectivity index (χ1n) is 12.1. The van der Waals surface area contributed by atoms with Crippen molar-refractivity contribution in [2.45, 2.75) is 37.5 Å². The molecule has 2 atom stereocenters. The number of alkyl halides is 2. The highest BCUT2D eigenvalue weighted by atomic mass is 19.3. The fourth-order valence-electron chi connectivity index (χ4n) is 4.97. The zero-order chi connectivity index (χ0) is 27.9. The molecule has 39 heavy (non-hydrogen) atoms. The van der Waals surface area contributed by atoms with Crippen LogP contribution in [0.1, 0.15) is 18.4 Å². The van der Waals surface area contributed by atoms with Crippen LogP contribution in [-0.4, -0.2) is 67.9 Å². The van der Waals surface area contributed by atoms with Crippen LogP contribution in [0.15, 0.2) is 37.1 Å². The summed E-state index contributed by atoms with van der Waals surface area (Å²) in [5, 5.41) is 18.1. The molecule has 206 valence electrons. The highest BCUT2D eigenvalue weighted by Crippen LogP contribution is 2.34. The summed E-state index contributed by atoms with van der Waals surface area (Å²) in [4.78, 5) is 17.3. The van der Waals surface area contributed by atoms with Gasteiger partial charge in [0.15, 0.2) is 22.7 Å². The van der Waals surface area contributed by atoms with E-state index in [1.807, 2.05) is 0 Å². The Morgan fingerprint density at radius 3 is 2.74 bits per heavy atom. The topological polar surface area (TPSA) is 142 Å². The SMILES string of the molecule is COc1cc(F)c(-c2cc(Cn3cnc(=N)c4[nH]cnc43)c(N3CCC[C@](N)([C@H](O)C(F)F)C3)cn2)cc1F. The van der Waals surface area contributed by atoms with Gasteiger partial charge in [-0.1, -0.05) is 0 Å². The van der Waals surface area contributed by atoms with Crippen LogP contribution in [0.4, 0.5) is 23.2 Å². The summed E-state index contributed by atoms with van der Waals surface area (Å²) in [6.45, 7) is 0.483. The number of piperidine rings is 1. The smallest absolute Gasteiger partial charge is 0.265 e. The van der Waals surface area contributed by atoms with Gasteiger partial charge in [-0.3, -0.25) is 10.4 Å². The number of ether oxygens (including phenoxy) is 1. The fourth-order valence-corrected chi connectivity index (χ4v) is 4.97. The van der Waals surface area contributed by atoms with Crippen LogP contribution in [0.25, 0.3) is 22.4 Å². The van der Waals surface area contributed by atoms with Gasteiger partial charge in [-0.25, -0.2) is 27.5 Å². The Kier molecular flexibility index (Phi) is 6.99. The Hall–Kier alpha value is -4.04. The first-order valence-corrected chi connectivity index (χ1v) is 12.1. The van der Waals surface area contributed by atoms with Gasteiger partial charge >= 0.3 is 0 Å². The maximum absolute atomic E-state index is 14.9. The van der Waals surface area contributed by atoms with E-state index in [1.165, 1.54) is 26.0 Å². The Bertz CT molecular complexity index is 1580. The van der Waals surface area contributed by atoms with Gasteiger partial charge in [-0.05, 0) is 30.5 Å². The monoisotopic (exact) mass is 546 g/mol. The van der Waals surface area contributed by atoms with Crippen molar-refractivity contribution in [1.82, 2.24) is 24.5 Å². The molecule has 1 aliphatic heterocycles. The number of aromatic nitrogens is 5. The van der Waals surface area contributed by atoms with Crippen LogP contribution in [0.2, 0.25) is 0 Å². The molecular weight excluding hydrogens is 520 g/mol. The van der Waals surface area contributed by atoms with Crippen molar-refractivity contribution in [3.8, 4) is 17.0 Å². The minimum atomic E-state index is -3.01. The lowest BCUT2D eigenvalue weighted by molar-refractivity contribution is -0.0529. The van der Waals surface area contributed by atoms with Gasteiger partial charge in [0.05, 0.1) is 49.4 Å². The number of halogens is 4. The van der Waals surface area contributed by atoms with E-state index in [0.717, 1.165) is 12.1 Å². The molecule has 10 nitrogen and oxygen atoms in total. The van der Waals surface area contributed by atoms with Crippen LogP contribution in [0.3, 0.4) is 0 Å². The molecule has 5 N–H and O–H groups in total. The number of aliphatic hydroxyl groups excluding tert-OH is 1. The molecule has 5 rings (SSSR count). The average Bonchev–Trinajstić information content (AvgIpc) is 3.42. The Morgan fingerprint density at radius 2 is 2.00 bits per heavy atom. The second-order valence-corrected chi connectivity index (χ2v) is 9.52. The lowest BCUT2D eigenvalue weighted by Gasteiger charge is -2.44. The van der Waals surface area contributed by atoms with Crippen LogP contribution in [0.5, 0.6) is 5.75 Å². The van der Waals surface area contributed by atoms with Crippen LogP contribution in [-0.2, 0) is 6.54 Å². The molecule has 0 bridgehead atoms. The Labute approximate surface area is 219 Å². The molecule has 0 amide bonds. The minimum absolute atomic E-state index is 0.00453. The maximum Gasteiger partial charge on any atom is 0.265 e. The molecule has 0 radical (unpaired) electrons. The number of benzene rings is 1. The van der Waals surface area contributed by atoms with E-state index >= 15 is 0 Å². The molecular formula is C25H26F4N8O2. The molecule has 1 aromatic carbocycles. The van der Waals surface area contributed by atoms with E-state index in [1.54, 1.807) is 15.5 Å². The molecule has 1 aliphatic rings. The van der Waals surface area contributed by atoms with E-state index in [0.29, 0.717) is 35.4 Å². The summed E-state index contributed by atoms with van der Waals surface area (Å²) in [5.74, 6) is -1.77. The lowest BCUT2D eigenvalue weighted by Crippen LogP contribution is -2.63. The predicted octanol–water partition coefficient (Wildman–Crippen LogP) is 2.56. The second-order valence-electron chi connectivity index (χ2n) is 9.52. The molecule has 14 heteroatoms. The number of hydrogen-bond donors (Lipinski definition) is 4. The van der Waals surface area contributed by atoms with E-state index < -0.39 is 29.7 Å². The fraction of sp³-hybridized carbons (Fsp3) is 0.360. The number of rotatable bonds is 7. The third-order valence-corrected chi connectivity index (χ3v) is 7.00. The molecule has 4 heterocycles. The van der Waals surface area contributed by atoms with Crippen LogP contribution in [0, 0.1) is 17.0 Å². The van der Waals surface area contributed by atoms with Crippen LogP contribution < -0.4 is 20.9 Å². The second kappa shape index (κ2) is 10.3. The first kappa shape index (κ1) is 26.6. The van der Waals surface area contributed by atoms with Gasteiger partial charge in [-0.15, -0.1) is 0 Å². The maximum atomic E-state index is 14.9. The number of aromatic amines is 1. The number of fused-ring (bicyclic) bond motifs is 1. The molecule has 0 aliphatic carbocycles. The van der Waals surface area contributed by atoms with Crippen molar-refractivity contribution in [3.63, 3.8) is 0 Å². The number of pyridine rings is 1. The zero-order valence-electron chi connectivity index (χ0n) is 20.8.